The van der Waals surface area contributed by atoms with E-state index in [1.54, 1.807) is 10.9 Å². The van der Waals surface area contributed by atoms with Gasteiger partial charge in [0.25, 0.3) is 0 Å². The quantitative estimate of drug-likeness (QED) is 0.854. The second-order valence-corrected chi connectivity index (χ2v) is 5.78. The molecular weight excluding hydrogens is 278 g/mol. The molecule has 0 aliphatic carbocycles. The predicted octanol–water partition coefficient (Wildman–Crippen LogP) is 3.26. The second-order valence-electron chi connectivity index (χ2n) is 5.78. The van der Waals surface area contributed by atoms with Crippen LogP contribution < -0.4 is 10.1 Å². The lowest BCUT2D eigenvalue weighted by Gasteiger charge is -2.13. The minimum Gasteiger partial charge on any atom is -0.491 e. The van der Waals surface area contributed by atoms with Gasteiger partial charge in [-0.2, -0.15) is 5.10 Å². The average molecular weight is 301 g/mol. The number of aromatic nitrogens is 2. The maximum atomic E-state index is 12.1. The van der Waals surface area contributed by atoms with E-state index in [1.165, 1.54) is 0 Å². The van der Waals surface area contributed by atoms with Crippen molar-refractivity contribution in [3.8, 4) is 5.75 Å². The molecule has 1 aromatic carbocycles. The first-order chi connectivity index (χ1) is 10.5. The molecule has 0 unspecified atom stereocenters. The number of benzene rings is 1. The van der Waals surface area contributed by atoms with E-state index < -0.39 is 0 Å². The van der Waals surface area contributed by atoms with Crippen molar-refractivity contribution in [3.63, 3.8) is 0 Å². The lowest BCUT2D eigenvalue weighted by atomic mass is 10.2. The Balaban J connectivity index is 1.90. The molecule has 0 aliphatic heterocycles. The van der Waals surface area contributed by atoms with Gasteiger partial charge in [0, 0.05) is 19.2 Å². The van der Waals surface area contributed by atoms with Crippen LogP contribution in [0.15, 0.2) is 36.7 Å². The fourth-order valence-corrected chi connectivity index (χ4v) is 1.97. The molecule has 2 rings (SSSR count). The standard InChI is InChI=1S/C17H23N3O2/c1-13(2)12-22-16-7-5-4-6-15(16)19-17(21)8-9-20-11-14(3)10-18-20/h4-7,10-11,13H,8-9,12H2,1-3H3,(H,19,21). The number of hydrogen-bond acceptors (Lipinski definition) is 3. The number of para-hydroxylation sites is 2. The van der Waals surface area contributed by atoms with Gasteiger partial charge in [0.05, 0.1) is 18.5 Å². The molecule has 5 heteroatoms. The molecule has 0 spiro atoms. The molecule has 1 N–H and O–H groups in total. The fraction of sp³-hybridized carbons (Fsp3) is 0.412. The third-order valence-corrected chi connectivity index (χ3v) is 3.06. The summed E-state index contributed by atoms with van der Waals surface area (Å²) in [5.74, 6) is 1.10. The summed E-state index contributed by atoms with van der Waals surface area (Å²) in [7, 11) is 0. The number of ether oxygens (including phenoxy) is 1. The van der Waals surface area contributed by atoms with Crippen LogP contribution in [0.2, 0.25) is 0 Å². The van der Waals surface area contributed by atoms with Crippen LogP contribution >= 0.6 is 0 Å². The van der Waals surface area contributed by atoms with Gasteiger partial charge < -0.3 is 10.1 Å². The Bertz CT molecular complexity index is 620. The predicted molar refractivity (Wildman–Crippen MR) is 87.0 cm³/mol. The van der Waals surface area contributed by atoms with E-state index in [1.807, 2.05) is 37.4 Å². The maximum Gasteiger partial charge on any atom is 0.226 e. The van der Waals surface area contributed by atoms with Crippen molar-refractivity contribution in [3.05, 3.63) is 42.2 Å². The van der Waals surface area contributed by atoms with Gasteiger partial charge in [-0.1, -0.05) is 26.0 Å². The molecule has 118 valence electrons. The van der Waals surface area contributed by atoms with Gasteiger partial charge in [0.1, 0.15) is 5.75 Å². The Kier molecular flexibility index (Phi) is 5.58. The van der Waals surface area contributed by atoms with Crippen molar-refractivity contribution in [1.29, 1.82) is 0 Å². The minimum atomic E-state index is -0.0475. The van der Waals surface area contributed by atoms with E-state index >= 15 is 0 Å². The van der Waals surface area contributed by atoms with Crippen molar-refractivity contribution in [2.75, 3.05) is 11.9 Å². The summed E-state index contributed by atoms with van der Waals surface area (Å²) in [4.78, 5) is 12.1. The lowest BCUT2D eigenvalue weighted by molar-refractivity contribution is -0.116. The highest BCUT2D eigenvalue weighted by Gasteiger charge is 2.08. The first-order valence-electron chi connectivity index (χ1n) is 7.55. The van der Waals surface area contributed by atoms with Crippen LogP contribution in [0.1, 0.15) is 25.8 Å². The van der Waals surface area contributed by atoms with Crippen molar-refractivity contribution in [2.45, 2.75) is 33.7 Å². The van der Waals surface area contributed by atoms with Gasteiger partial charge >= 0.3 is 0 Å². The number of aryl methyl sites for hydroxylation is 2. The summed E-state index contributed by atoms with van der Waals surface area (Å²) in [5, 5.41) is 7.08. The van der Waals surface area contributed by atoms with Crippen LogP contribution in [-0.2, 0) is 11.3 Å². The fourth-order valence-electron chi connectivity index (χ4n) is 1.97. The summed E-state index contributed by atoms with van der Waals surface area (Å²) in [5.41, 5.74) is 1.80. The third-order valence-electron chi connectivity index (χ3n) is 3.06. The van der Waals surface area contributed by atoms with Crippen LogP contribution in [0.3, 0.4) is 0 Å². The van der Waals surface area contributed by atoms with Gasteiger partial charge in [-0.15, -0.1) is 0 Å². The number of amides is 1. The summed E-state index contributed by atoms with van der Waals surface area (Å²) in [6.45, 7) is 7.35. The topological polar surface area (TPSA) is 56.2 Å². The molecule has 0 aliphatic rings. The summed E-state index contributed by atoms with van der Waals surface area (Å²) < 4.78 is 7.51. The van der Waals surface area contributed by atoms with Crippen LogP contribution in [0.4, 0.5) is 5.69 Å². The normalized spacial score (nSPS) is 10.7. The first kappa shape index (κ1) is 16.1. The number of anilines is 1. The summed E-state index contributed by atoms with van der Waals surface area (Å²) >= 11 is 0. The smallest absolute Gasteiger partial charge is 0.226 e. The van der Waals surface area contributed by atoms with E-state index in [4.69, 9.17) is 4.74 Å². The van der Waals surface area contributed by atoms with Gasteiger partial charge in [-0.05, 0) is 30.5 Å². The number of carbonyl (C=O) groups is 1. The molecule has 0 fully saturated rings. The molecule has 0 radical (unpaired) electrons. The SMILES string of the molecule is Cc1cnn(CCC(=O)Nc2ccccc2OCC(C)C)c1. The largest absolute Gasteiger partial charge is 0.491 e. The maximum absolute atomic E-state index is 12.1. The van der Waals surface area contributed by atoms with Crippen molar-refractivity contribution in [2.24, 2.45) is 5.92 Å². The van der Waals surface area contributed by atoms with Crippen LogP contribution in [0.5, 0.6) is 5.75 Å². The zero-order valence-corrected chi connectivity index (χ0v) is 13.4. The number of carbonyl (C=O) groups excluding carboxylic acids is 1. The molecular formula is C17H23N3O2. The second kappa shape index (κ2) is 7.64. The zero-order valence-electron chi connectivity index (χ0n) is 13.4. The Morgan fingerprint density at radius 1 is 1.36 bits per heavy atom. The van der Waals surface area contributed by atoms with Crippen molar-refractivity contribution < 1.29 is 9.53 Å². The highest BCUT2D eigenvalue weighted by Crippen LogP contribution is 2.24. The Morgan fingerprint density at radius 3 is 2.82 bits per heavy atom. The van der Waals surface area contributed by atoms with Crippen LogP contribution in [-0.4, -0.2) is 22.3 Å². The monoisotopic (exact) mass is 301 g/mol. The molecule has 5 nitrogen and oxygen atoms in total. The van der Waals surface area contributed by atoms with E-state index in [0.29, 0.717) is 36.9 Å². The first-order valence-corrected chi connectivity index (χ1v) is 7.55. The highest BCUT2D eigenvalue weighted by molar-refractivity contribution is 5.92. The van der Waals surface area contributed by atoms with Gasteiger partial charge in [-0.25, -0.2) is 0 Å². The van der Waals surface area contributed by atoms with Crippen molar-refractivity contribution in [1.82, 2.24) is 9.78 Å². The van der Waals surface area contributed by atoms with E-state index in [2.05, 4.69) is 24.3 Å². The molecule has 0 saturated heterocycles. The van der Waals surface area contributed by atoms with Gasteiger partial charge in [-0.3, -0.25) is 9.48 Å². The molecule has 1 aromatic heterocycles. The summed E-state index contributed by atoms with van der Waals surface area (Å²) in [6, 6.07) is 7.51. The molecule has 22 heavy (non-hydrogen) atoms. The average Bonchev–Trinajstić information content (AvgIpc) is 2.90. The Morgan fingerprint density at radius 2 is 2.14 bits per heavy atom. The molecule has 0 atom stereocenters. The van der Waals surface area contributed by atoms with Crippen molar-refractivity contribution >= 4 is 11.6 Å². The lowest BCUT2D eigenvalue weighted by Crippen LogP contribution is -2.16. The van der Waals surface area contributed by atoms with Gasteiger partial charge in [0.2, 0.25) is 5.91 Å². The number of hydrogen-bond donors (Lipinski definition) is 1. The zero-order chi connectivity index (χ0) is 15.9. The van der Waals surface area contributed by atoms with Crippen LogP contribution in [0, 0.1) is 12.8 Å². The van der Waals surface area contributed by atoms with Gasteiger partial charge in [0.15, 0.2) is 0 Å². The number of rotatable bonds is 7. The van der Waals surface area contributed by atoms with E-state index in [-0.39, 0.29) is 5.91 Å². The highest BCUT2D eigenvalue weighted by atomic mass is 16.5. The third kappa shape index (κ3) is 4.91. The molecule has 0 saturated carbocycles. The molecule has 2 aromatic rings. The molecule has 1 amide bonds. The summed E-state index contributed by atoms with van der Waals surface area (Å²) in [6.07, 6.45) is 4.08. The Labute approximate surface area is 131 Å². The number of nitrogens with one attached hydrogen (secondary N) is 1. The van der Waals surface area contributed by atoms with Crippen LogP contribution in [0.25, 0.3) is 0 Å². The number of nitrogens with zero attached hydrogens (tertiary/aromatic N) is 2. The molecule has 1 heterocycles. The molecule has 0 bridgehead atoms. The Hall–Kier alpha value is -2.30. The van der Waals surface area contributed by atoms with E-state index in [9.17, 15) is 4.79 Å². The minimum absolute atomic E-state index is 0.0475. The van der Waals surface area contributed by atoms with E-state index in [0.717, 1.165) is 5.56 Å².